The lowest BCUT2D eigenvalue weighted by Gasteiger charge is -2.13. The number of carbonyl (C=O) groups is 1. The highest BCUT2D eigenvalue weighted by atomic mass is 16.5. The molecule has 0 bridgehead atoms. The van der Waals surface area contributed by atoms with E-state index >= 15 is 0 Å². The lowest BCUT2D eigenvalue weighted by Crippen LogP contribution is -2.18. The standard InChI is InChI=1S/C18H25N5O4/c1-2-13-16(17(19)22-18(20)21-13)27-11-5-10-26-14-7-4-3-6-12(14)8-9-15(24)23-25/h3-4,6-7,25H,2,5,8-11H2,1H3,(H,23,24)(H4,19,20,21,22). The zero-order valence-corrected chi connectivity index (χ0v) is 15.3. The molecule has 9 heteroatoms. The van der Waals surface area contributed by atoms with Crippen molar-refractivity contribution in [2.45, 2.75) is 32.6 Å². The summed E-state index contributed by atoms with van der Waals surface area (Å²) in [6, 6.07) is 7.46. The molecule has 6 N–H and O–H groups in total. The average Bonchev–Trinajstić information content (AvgIpc) is 2.67. The van der Waals surface area contributed by atoms with Crippen molar-refractivity contribution in [3.8, 4) is 11.5 Å². The van der Waals surface area contributed by atoms with Crippen molar-refractivity contribution in [1.82, 2.24) is 15.4 Å². The molecule has 0 spiro atoms. The number of aryl methyl sites for hydroxylation is 2. The number of benzene rings is 1. The van der Waals surface area contributed by atoms with Crippen LogP contribution in [0.4, 0.5) is 11.8 Å². The first-order valence-electron chi connectivity index (χ1n) is 8.73. The highest BCUT2D eigenvalue weighted by Gasteiger charge is 2.11. The van der Waals surface area contributed by atoms with Gasteiger partial charge in [0.25, 0.3) is 0 Å². The Kier molecular flexibility index (Phi) is 7.63. The second kappa shape index (κ2) is 10.2. The number of nitrogen functional groups attached to an aromatic ring is 2. The van der Waals surface area contributed by atoms with Crippen molar-refractivity contribution in [2.24, 2.45) is 0 Å². The number of nitrogens with two attached hydrogens (primary N) is 2. The van der Waals surface area contributed by atoms with Crippen molar-refractivity contribution in [3.63, 3.8) is 0 Å². The van der Waals surface area contributed by atoms with Crippen LogP contribution in [0.5, 0.6) is 11.5 Å². The van der Waals surface area contributed by atoms with Gasteiger partial charge in [0.1, 0.15) is 5.75 Å². The number of amides is 1. The fourth-order valence-electron chi connectivity index (χ4n) is 2.50. The highest BCUT2D eigenvalue weighted by molar-refractivity contribution is 5.74. The summed E-state index contributed by atoms with van der Waals surface area (Å²) in [6.07, 6.45) is 1.91. The first kappa shape index (κ1) is 20.2. The fraction of sp³-hybridized carbons (Fsp3) is 0.389. The van der Waals surface area contributed by atoms with Gasteiger partial charge in [0.2, 0.25) is 11.9 Å². The second-order valence-electron chi connectivity index (χ2n) is 5.79. The highest BCUT2D eigenvalue weighted by Crippen LogP contribution is 2.25. The Bertz CT molecular complexity index is 769. The minimum Gasteiger partial charge on any atom is -0.493 e. The van der Waals surface area contributed by atoms with E-state index in [1.165, 1.54) is 0 Å². The number of para-hydroxylation sites is 1. The number of hydroxylamine groups is 1. The van der Waals surface area contributed by atoms with Crippen molar-refractivity contribution < 1.29 is 19.5 Å². The Morgan fingerprint density at radius 1 is 1.19 bits per heavy atom. The molecule has 0 saturated heterocycles. The van der Waals surface area contributed by atoms with Gasteiger partial charge >= 0.3 is 0 Å². The van der Waals surface area contributed by atoms with Crippen LogP contribution in [0.1, 0.15) is 31.0 Å². The molecule has 9 nitrogen and oxygen atoms in total. The van der Waals surface area contributed by atoms with E-state index in [1.807, 2.05) is 31.2 Å². The smallest absolute Gasteiger partial charge is 0.243 e. The monoisotopic (exact) mass is 375 g/mol. The van der Waals surface area contributed by atoms with E-state index in [9.17, 15) is 4.79 Å². The largest absolute Gasteiger partial charge is 0.493 e. The van der Waals surface area contributed by atoms with Crippen LogP contribution in [0.3, 0.4) is 0 Å². The Morgan fingerprint density at radius 3 is 2.67 bits per heavy atom. The van der Waals surface area contributed by atoms with E-state index in [4.69, 9.17) is 26.1 Å². The van der Waals surface area contributed by atoms with Crippen molar-refractivity contribution in [3.05, 3.63) is 35.5 Å². The number of aromatic nitrogens is 2. The average molecular weight is 375 g/mol. The molecule has 1 aromatic carbocycles. The fourth-order valence-corrected chi connectivity index (χ4v) is 2.50. The number of rotatable bonds is 10. The molecule has 1 heterocycles. The molecule has 27 heavy (non-hydrogen) atoms. The normalized spacial score (nSPS) is 10.4. The number of ether oxygens (including phenoxy) is 2. The third-order valence-electron chi connectivity index (χ3n) is 3.83. The lowest BCUT2D eigenvalue weighted by atomic mass is 10.1. The van der Waals surface area contributed by atoms with Crippen LogP contribution in [0.15, 0.2) is 24.3 Å². The molecule has 2 aromatic rings. The molecule has 0 unspecified atom stereocenters. The maximum Gasteiger partial charge on any atom is 0.243 e. The predicted octanol–water partition coefficient (Wildman–Crippen LogP) is 1.49. The van der Waals surface area contributed by atoms with E-state index in [1.54, 1.807) is 5.48 Å². The summed E-state index contributed by atoms with van der Waals surface area (Å²) >= 11 is 0. The summed E-state index contributed by atoms with van der Waals surface area (Å²) in [4.78, 5) is 19.2. The summed E-state index contributed by atoms with van der Waals surface area (Å²) in [5, 5.41) is 8.58. The van der Waals surface area contributed by atoms with Gasteiger partial charge in [-0.05, 0) is 24.5 Å². The molecule has 0 aliphatic rings. The minimum atomic E-state index is -0.437. The van der Waals surface area contributed by atoms with E-state index in [0.717, 1.165) is 5.56 Å². The molecular formula is C18H25N5O4. The molecule has 0 fully saturated rings. The van der Waals surface area contributed by atoms with Crippen LogP contribution in [-0.2, 0) is 17.6 Å². The predicted molar refractivity (Wildman–Crippen MR) is 101 cm³/mol. The number of anilines is 2. The summed E-state index contributed by atoms with van der Waals surface area (Å²) in [6.45, 7) is 2.76. The Morgan fingerprint density at radius 2 is 1.93 bits per heavy atom. The van der Waals surface area contributed by atoms with Crippen LogP contribution < -0.4 is 26.4 Å². The maximum absolute atomic E-state index is 11.2. The van der Waals surface area contributed by atoms with Crippen LogP contribution >= 0.6 is 0 Å². The van der Waals surface area contributed by atoms with E-state index in [0.29, 0.717) is 49.7 Å². The van der Waals surface area contributed by atoms with Crippen LogP contribution in [0, 0.1) is 0 Å². The number of nitrogens with zero attached hydrogens (tertiary/aromatic N) is 2. The van der Waals surface area contributed by atoms with Crippen LogP contribution in [0.25, 0.3) is 0 Å². The summed E-state index contributed by atoms with van der Waals surface area (Å²) in [5.74, 6) is 1.09. The molecule has 0 saturated carbocycles. The molecule has 1 amide bonds. The van der Waals surface area contributed by atoms with Crippen molar-refractivity contribution in [1.29, 1.82) is 0 Å². The quantitative estimate of drug-likeness (QED) is 0.277. The molecule has 146 valence electrons. The van der Waals surface area contributed by atoms with Crippen LogP contribution in [-0.4, -0.2) is 34.3 Å². The third-order valence-corrected chi connectivity index (χ3v) is 3.83. The Labute approximate surface area is 157 Å². The van der Waals surface area contributed by atoms with Gasteiger partial charge in [0.15, 0.2) is 11.6 Å². The zero-order valence-electron chi connectivity index (χ0n) is 15.3. The molecular weight excluding hydrogens is 350 g/mol. The lowest BCUT2D eigenvalue weighted by molar-refractivity contribution is -0.129. The van der Waals surface area contributed by atoms with E-state index in [-0.39, 0.29) is 18.2 Å². The van der Waals surface area contributed by atoms with Crippen LogP contribution in [0.2, 0.25) is 0 Å². The number of hydrogen-bond donors (Lipinski definition) is 4. The first-order chi connectivity index (χ1) is 13.0. The molecule has 0 radical (unpaired) electrons. The van der Waals surface area contributed by atoms with Gasteiger partial charge in [-0.2, -0.15) is 4.98 Å². The molecule has 1 aromatic heterocycles. The number of carbonyl (C=O) groups excluding carboxylic acids is 1. The summed E-state index contributed by atoms with van der Waals surface area (Å²) < 4.78 is 11.5. The van der Waals surface area contributed by atoms with Gasteiger partial charge in [-0.25, -0.2) is 10.5 Å². The van der Waals surface area contributed by atoms with E-state index in [2.05, 4.69) is 9.97 Å². The van der Waals surface area contributed by atoms with Gasteiger partial charge < -0.3 is 20.9 Å². The molecule has 0 aliphatic heterocycles. The van der Waals surface area contributed by atoms with Gasteiger partial charge in [0, 0.05) is 12.8 Å². The number of nitrogens with one attached hydrogen (secondary N) is 1. The maximum atomic E-state index is 11.2. The Hall–Kier alpha value is -3.07. The first-order valence-corrected chi connectivity index (χ1v) is 8.73. The molecule has 0 aliphatic carbocycles. The minimum absolute atomic E-state index is 0.131. The van der Waals surface area contributed by atoms with Gasteiger partial charge in [-0.3, -0.25) is 10.0 Å². The zero-order chi connectivity index (χ0) is 19.6. The SMILES string of the molecule is CCc1nc(N)nc(N)c1OCCCOc1ccccc1CCC(=O)NO. The molecule has 0 atom stereocenters. The van der Waals surface area contributed by atoms with E-state index < -0.39 is 5.91 Å². The van der Waals surface area contributed by atoms with Crippen molar-refractivity contribution >= 4 is 17.7 Å². The van der Waals surface area contributed by atoms with Gasteiger partial charge in [-0.15, -0.1) is 0 Å². The summed E-state index contributed by atoms with van der Waals surface area (Å²) in [5.41, 5.74) is 14.6. The Balaban J connectivity index is 1.83. The van der Waals surface area contributed by atoms with Gasteiger partial charge in [-0.1, -0.05) is 25.1 Å². The molecule has 2 rings (SSSR count). The van der Waals surface area contributed by atoms with Gasteiger partial charge in [0.05, 0.1) is 18.9 Å². The van der Waals surface area contributed by atoms with Crippen molar-refractivity contribution in [2.75, 3.05) is 24.7 Å². The summed E-state index contributed by atoms with van der Waals surface area (Å²) in [7, 11) is 0. The second-order valence-corrected chi connectivity index (χ2v) is 5.79. The topological polar surface area (TPSA) is 146 Å². The third kappa shape index (κ3) is 6.00. The number of hydrogen-bond acceptors (Lipinski definition) is 8.